The molecule has 0 fully saturated rings. The van der Waals surface area contributed by atoms with Crippen LogP contribution in [0.25, 0.3) is 6.08 Å². The van der Waals surface area contributed by atoms with Gasteiger partial charge < -0.3 is 4.42 Å². The molecule has 1 heterocycles. The standard InChI is InChI=1S/C8H6BrIO2/c1-5(11)7(10)4-6-2-3-8(9)12-6/h2-4H,1H3/b7-4+. The van der Waals surface area contributed by atoms with E-state index in [4.69, 9.17) is 4.42 Å². The Morgan fingerprint density at radius 3 is 2.75 bits per heavy atom. The molecule has 0 saturated heterocycles. The highest BCUT2D eigenvalue weighted by atomic mass is 127. The van der Waals surface area contributed by atoms with Crippen molar-refractivity contribution in [3.05, 3.63) is 26.1 Å². The van der Waals surface area contributed by atoms with Gasteiger partial charge in [-0.2, -0.15) is 0 Å². The zero-order valence-corrected chi connectivity index (χ0v) is 10.0. The lowest BCUT2D eigenvalue weighted by molar-refractivity contribution is -0.112. The molecule has 0 aliphatic rings. The van der Waals surface area contributed by atoms with Crippen molar-refractivity contribution in [1.82, 2.24) is 0 Å². The van der Waals surface area contributed by atoms with Crippen LogP contribution in [0.5, 0.6) is 0 Å². The van der Waals surface area contributed by atoms with E-state index in [2.05, 4.69) is 15.9 Å². The number of carbonyl (C=O) groups is 1. The van der Waals surface area contributed by atoms with Crippen LogP contribution in [0.2, 0.25) is 0 Å². The molecule has 1 aromatic heterocycles. The number of furan rings is 1. The van der Waals surface area contributed by atoms with E-state index in [1.165, 1.54) is 6.92 Å². The first-order valence-corrected chi connectivity index (χ1v) is 5.10. The van der Waals surface area contributed by atoms with Crippen molar-refractivity contribution < 1.29 is 9.21 Å². The molecule has 1 rings (SSSR count). The number of halogens is 2. The van der Waals surface area contributed by atoms with Crippen molar-refractivity contribution in [3.8, 4) is 0 Å². The van der Waals surface area contributed by atoms with Crippen LogP contribution in [0.3, 0.4) is 0 Å². The number of rotatable bonds is 2. The van der Waals surface area contributed by atoms with Crippen LogP contribution >= 0.6 is 38.5 Å². The number of ketones is 1. The monoisotopic (exact) mass is 340 g/mol. The molecule has 0 unspecified atom stereocenters. The minimum Gasteiger partial charge on any atom is -0.450 e. The molecule has 0 aliphatic carbocycles. The summed E-state index contributed by atoms with van der Waals surface area (Å²) in [6.07, 6.45) is 1.70. The van der Waals surface area contributed by atoms with Gasteiger partial charge in [0.25, 0.3) is 0 Å². The number of Topliss-reactive ketones (excluding diaryl/α,β-unsaturated/α-hetero) is 1. The molecule has 4 heteroatoms. The maximum absolute atomic E-state index is 10.8. The molecule has 0 aliphatic heterocycles. The minimum absolute atomic E-state index is 0.0446. The molecular weight excluding hydrogens is 335 g/mol. The quantitative estimate of drug-likeness (QED) is 0.610. The van der Waals surface area contributed by atoms with E-state index in [0.29, 0.717) is 14.0 Å². The summed E-state index contributed by atoms with van der Waals surface area (Å²) < 4.78 is 6.52. The van der Waals surface area contributed by atoms with Gasteiger partial charge in [-0.15, -0.1) is 0 Å². The van der Waals surface area contributed by atoms with Crippen molar-refractivity contribution in [3.63, 3.8) is 0 Å². The number of allylic oxidation sites excluding steroid dienone is 1. The molecule has 64 valence electrons. The summed E-state index contributed by atoms with van der Waals surface area (Å²) in [5, 5.41) is 0. The van der Waals surface area contributed by atoms with Gasteiger partial charge in [0, 0.05) is 0 Å². The van der Waals surface area contributed by atoms with E-state index >= 15 is 0 Å². The summed E-state index contributed by atoms with van der Waals surface area (Å²) in [7, 11) is 0. The van der Waals surface area contributed by atoms with Crippen molar-refractivity contribution in [1.29, 1.82) is 0 Å². The van der Waals surface area contributed by atoms with Crippen LogP contribution in [-0.2, 0) is 4.79 Å². The van der Waals surface area contributed by atoms with Crippen LogP contribution in [0.4, 0.5) is 0 Å². The second-order valence-corrected chi connectivity index (χ2v) is 4.13. The summed E-state index contributed by atoms with van der Waals surface area (Å²) in [6.45, 7) is 1.52. The van der Waals surface area contributed by atoms with E-state index < -0.39 is 0 Å². The molecule has 0 N–H and O–H groups in total. The Labute approximate surface area is 92.3 Å². The topological polar surface area (TPSA) is 30.2 Å². The summed E-state index contributed by atoms with van der Waals surface area (Å²) in [5.41, 5.74) is 0. The predicted octanol–water partition coefficient (Wildman–Crippen LogP) is 3.41. The Morgan fingerprint density at radius 1 is 1.67 bits per heavy atom. The molecular formula is C8H6BrIO2. The van der Waals surface area contributed by atoms with Crippen LogP contribution in [-0.4, -0.2) is 5.78 Å². The zero-order chi connectivity index (χ0) is 9.14. The molecule has 0 aromatic carbocycles. The summed E-state index contributed by atoms with van der Waals surface area (Å²) in [4.78, 5) is 10.8. The van der Waals surface area contributed by atoms with Gasteiger partial charge in [0.2, 0.25) is 0 Å². The average molecular weight is 341 g/mol. The fourth-order valence-electron chi connectivity index (χ4n) is 0.632. The van der Waals surface area contributed by atoms with Crippen LogP contribution in [0.15, 0.2) is 24.8 Å². The minimum atomic E-state index is 0.0446. The molecule has 0 bridgehead atoms. The molecule has 12 heavy (non-hydrogen) atoms. The maximum atomic E-state index is 10.8. The Bertz CT molecular complexity index is 328. The van der Waals surface area contributed by atoms with Crippen molar-refractivity contribution in [2.24, 2.45) is 0 Å². The Kier molecular flexibility index (Phi) is 3.52. The van der Waals surface area contributed by atoms with Gasteiger partial charge in [-0.05, 0) is 63.7 Å². The van der Waals surface area contributed by atoms with Crippen LogP contribution in [0, 0.1) is 0 Å². The lowest BCUT2D eigenvalue weighted by Crippen LogP contribution is -1.86. The van der Waals surface area contributed by atoms with Gasteiger partial charge in [0.15, 0.2) is 10.5 Å². The second kappa shape index (κ2) is 4.23. The van der Waals surface area contributed by atoms with E-state index in [0.717, 1.165) is 0 Å². The Balaban J connectivity index is 2.87. The first-order chi connectivity index (χ1) is 5.59. The molecule has 1 aromatic rings. The molecule has 0 amide bonds. The van der Waals surface area contributed by atoms with E-state index in [1.807, 2.05) is 22.6 Å². The fraction of sp³-hybridized carbons (Fsp3) is 0.125. The van der Waals surface area contributed by atoms with Crippen LogP contribution in [0.1, 0.15) is 12.7 Å². The Morgan fingerprint density at radius 2 is 2.33 bits per heavy atom. The van der Waals surface area contributed by atoms with Gasteiger partial charge in [0.1, 0.15) is 5.76 Å². The summed E-state index contributed by atoms with van der Waals surface area (Å²) >= 11 is 5.16. The molecule has 0 spiro atoms. The Hall–Kier alpha value is -0.100. The van der Waals surface area contributed by atoms with Gasteiger partial charge >= 0.3 is 0 Å². The maximum Gasteiger partial charge on any atom is 0.169 e. The SMILES string of the molecule is CC(=O)/C(I)=C\c1ccc(Br)o1. The summed E-state index contributed by atoms with van der Waals surface area (Å²) in [6, 6.07) is 3.58. The number of hydrogen-bond donors (Lipinski definition) is 0. The van der Waals surface area contributed by atoms with Gasteiger partial charge in [0.05, 0.1) is 3.58 Å². The van der Waals surface area contributed by atoms with Gasteiger partial charge in [-0.3, -0.25) is 4.79 Å². The third kappa shape index (κ3) is 2.75. The third-order valence-electron chi connectivity index (χ3n) is 1.20. The smallest absolute Gasteiger partial charge is 0.169 e. The van der Waals surface area contributed by atoms with Crippen molar-refractivity contribution >= 4 is 50.4 Å². The van der Waals surface area contributed by atoms with Gasteiger partial charge in [-0.1, -0.05) is 0 Å². The fourth-order valence-corrected chi connectivity index (χ4v) is 1.26. The van der Waals surface area contributed by atoms with Crippen molar-refractivity contribution in [2.45, 2.75) is 6.92 Å². The van der Waals surface area contributed by atoms with E-state index in [9.17, 15) is 4.79 Å². The van der Waals surface area contributed by atoms with E-state index in [-0.39, 0.29) is 5.78 Å². The lowest BCUT2D eigenvalue weighted by atomic mass is 10.3. The highest BCUT2D eigenvalue weighted by Gasteiger charge is 2.01. The summed E-state index contributed by atoms with van der Waals surface area (Å²) in [5.74, 6) is 0.726. The van der Waals surface area contributed by atoms with Crippen LogP contribution < -0.4 is 0 Å². The first kappa shape index (κ1) is 9.98. The molecule has 0 saturated carbocycles. The normalized spacial score (nSPS) is 11.8. The third-order valence-corrected chi connectivity index (χ3v) is 2.70. The second-order valence-electron chi connectivity index (χ2n) is 2.19. The lowest BCUT2D eigenvalue weighted by Gasteiger charge is -1.88. The largest absolute Gasteiger partial charge is 0.450 e. The van der Waals surface area contributed by atoms with Gasteiger partial charge in [-0.25, -0.2) is 0 Å². The number of carbonyl (C=O) groups excluding carboxylic acids is 1. The molecule has 2 nitrogen and oxygen atoms in total. The predicted molar refractivity (Wildman–Crippen MR) is 59.1 cm³/mol. The number of hydrogen-bond acceptors (Lipinski definition) is 2. The van der Waals surface area contributed by atoms with E-state index in [1.54, 1.807) is 18.2 Å². The van der Waals surface area contributed by atoms with Crippen molar-refractivity contribution in [2.75, 3.05) is 0 Å². The average Bonchev–Trinajstić information content (AvgIpc) is 2.35. The highest BCUT2D eigenvalue weighted by molar-refractivity contribution is 14.1. The first-order valence-electron chi connectivity index (χ1n) is 3.23. The molecule has 0 atom stereocenters. The zero-order valence-electron chi connectivity index (χ0n) is 6.30. The highest BCUT2D eigenvalue weighted by Crippen LogP contribution is 2.19. The molecule has 0 radical (unpaired) electrons.